The number of hydrogen-bond acceptors (Lipinski definition) is 7. The number of rotatable bonds is 7. The molecule has 1 aliphatic heterocycles. The van der Waals surface area contributed by atoms with Gasteiger partial charge < -0.3 is 15.6 Å². The number of hydrogen-bond donors (Lipinski definition) is 3. The van der Waals surface area contributed by atoms with Gasteiger partial charge in [-0.3, -0.25) is 9.69 Å². The van der Waals surface area contributed by atoms with E-state index in [1.54, 1.807) is 23.9 Å². The standard InChI is InChI=1S/C24H24IN7OS/c1-14(33)30-21-9-16(7-8-27-21)20-10-19(23(34-20)24-28-13-29-31-24)22(32-11-18(12-32)26-2)15-3-5-17(25)6-4-15/h3-10,13,18,22,26H,11-12H2,1-2H3,(H,27,30,33)(H,28,29,31). The Labute approximate surface area is 215 Å². The van der Waals surface area contributed by atoms with Gasteiger partial charge in [0.1, 0.15) is 12.1 Å². The fourth-order valence-electron chi connectivity index (χ4n) is 4.22. The first-order valence-electron chi connectivity index (χ1n) is 10.9. The first kappa shape index (κ1) is 23.1. The molecule has 1 saturated heterocycles. The van der Waals surface area contributed by atoms with E-state index in [1.165, 1.54) is 21.6 Å². The lowest BCUT2D eigenvalue weighted by atomic mass is 9.92. The number of aromatic amines is 1. The number of halogens is 1. The van der Waals surface area contributed by atoms with Crippen LogP contribution in [0.15, 0.2) is 55.0 Å². The van der Waals surface area contributed by atoms with Crippen molar-refractivity contribution in [3.05, 3.63) is 69.7 Å². The van der Waals surface area contributed by atoms with E-state index in [1.807, 2.05) is 19.2 Å². The molecule has 0 saturated carbocycles. The lowest BCUT2D eigenvalue weighted by Crippen LogP contribution is -2.58. The molecule has 8 nitrogen and oxygen atoms in total. The summed E-state index contributed by atoms with van der Waals surface area (Å²) in [7, 11) is 2.01. The summed E-state index contributed by atoms with van der Waals surface area (Å²) in [6.45, 7) is 3.42. The van der Waals surface area contributed by atoms with E-state index < -0.39 is 0 Å². The Kier molecular flexibility index (Phi) is 6.73. The maximum atomic E-state index is 11.5. The van der Waals surface area contributed by atoms with Gasteiger partial charge in [0.15, 0.2) is 5.82 Å². The Morgan fingerprint density at radius 3 is 2.71 bits per heavy atom. The van der Waals surface area contributed by atoms with Gasteiger partial charge in [-0.1, -0.05) is 12.1 Å². The molecule has 1 fully saturated rings. The van der Waals surface area contributed by atoms with Gasteiger partial charge in [0, 0.05) is 40.7 Å². The predicted molar refractivity (Wildman–Crippen MR) is 143 cm³/mol. The molecule has 1 amide bonds. The van der Waals surface area contributed by atoms with Crippen molar-refractivity contribution in [3.8, 4) is 21.1 Å². The van der Waals surface area contributed by atoms with E-state index >= 15 is 0 Å². The number of thiophene rings is 1. The SMILES string of the molecule is CNC1CN(C(c2ccc(I)cc2)c2cc(-c3ccnc(NC(C)=O)c3)sc2-c2nnc[nH]2)C1. The summed E-state index contributed by atoms with van der Waals surface area (Å²) < 4.78 is 1.21. The summed E-state index contributed by atoms with van der Waals surface area (Å²) in [5.41, 5.74) is 3.42. The Morgan fingerprint density at radius 1 is 1.24 bits per heavy atom. The monoisotopic (exact) mass is 585 g/mol. The van der Waals surface area contributed by atoms with E-state index in [0.717, 1.165) is 34.2 Å². The molecule has 1 aromatic carbocycles. The number of aromatic nitrogens is 4. The number of nitrogens with zero attached hydrogens (tertiary/aromatic N) is 4. The van der Waals surface area contributed by atoms with Crippen LogP contribution >= 0.6 is 33.9 Å². The summed E-state index contributed by atoms with van der Waals surface area (Å²) in [5, 5.41) is 14.5. The number of benzene rings is 1. The molecule has 0 aliphatic carbocycles. The Bertz CT molecular complexity index is 1280. The lowest BCUT2D eigenvalue weighted by Gasteiger charge is -2.44. The van der Waals surface area contributed by atoms with Crippen molar-refractivity contribution in [1.82, 2.24) is 30.4 Å². The quantitative estimate of drug-likeness (QED) is 0.282. The highest BCUT2D eigenvalue weighted by atomic mass is 127. The number of carbonyl (C=O) groups excluding carboxylic acids is 1. The fraction of sp³-hybridized carbons (Fsp3) is 0.250. The molecule has 3 aromatic heterocycles. The summed E-state index contributed by atoms with van der Waals surface area (Å²) in [6, 6.07) is 15.4. The highest BCUT2D eigenvalue weighted by Gasteiger charge is 2.35. The van der Waals surface area contributed by atoms with Crippen LogP contribution in [0.1, 0.15) is 24.1 Å². The zero-order chi connectivity index (χ0) is 23.7. The van der Waals surface area contributed by atoms with Crippen LogP contribution in [0.25, 0.3) is 21.1 Å². The van der Waals surface area contributed by atoms with E-state index in [0.29, 0.717) is 11.9 Å². The smallest absolute Gasteiger partial charge is 0.222 e. The molecular weight excluding hydrogens is 561 g/mol. The maximum absolute atomic E-state index is 11.5. The van der Waals surface area contributed by atoms with Crippen LogP contribution in [0.5, 0.6) is 0 Å². The minimum Gasteiger partial charge on any atom is -0.327 e. The molecule has 34 heavy (non-hydrogen) atoms. The number of carbonyl (C=O) groups is 1. The van der Waals surface area contributed by atoms with Gasteiger partial charge in [0.2, 0.25) is 5.91 Å². The van der Waals surface area contributed by atoms with Crippen LogP contribution in [0.2, 0.25) is 0 Å². The highest BCUT2D eigenvalue weighted by Crippen LogP contribution is 2.44. The number of nitrogens with one attached hydrogen (secondary N) is 3. The number of likely N-dealkylation sites (N-methyl/N-ethyl adjacent to an activating group) is 1. The van der Waals surface area contributed by atoms with Gasteiger partial charge in [0.05, 0.1) is 10.9 Å². The second kappa shape index (κ2) is 9.90. The first-order valence-corrected chi connectivity index (χ1v) is 12.8. The molecule has 1 aliphatic rings. The number of anilines is 1. The predicted octanol–water partition coefficient (Wildman–Crippen LogP) is 4.15. The first-order chi connectivity index (χ1) is 16.5. The van der Waals surface area contributed by atoms with E-state index in [-0.39, 0.29) is 11.9 Å². The zero-order valence-electron chi connectivity index (χ0n) is 18.7. The lowest BCUT2D eigenvalue weighted by molar-refractivity contribution is -0.114. The van der Waals surface area contributed by atoms with Gasteiger partial charge in [-0.05, 0) is 76.7 Å². The van der Waals surface area contributed by atoms with Gasteiger partial charge in [-0.25, -0.2) is 4.98 Å². The van der Waals surface area contributed by atoms with E-state index in [4.69, 9.17) is 0 Å². The number of amides is 1. The summed E-state index contributed by atoms with van der Waals surface area (Å²) in [6.07, 6.45) is 3.33. The molecule has 0 radical (unpaired) electrons. The van der Waals surface area contributed by atoms with Crippen molar-refractivity contribution in [2.24, 2.45) is 0 Å². The highest BCUT2D eigenvalue weighted by molar-refractivity contribution is 14.1. The van der Waals surface area contributed by atoms with Crippen LogP contribution in [0, 0.1) is 3.57 Å². The average Bonchev–Trinajstić information content (AvgIpc) is 3.46. The zero-order valence-corrected chi connectivity index (χ0v) is 21.7. The van der Waals surface area contributed by atoms with Crippen LogP contribution in [0.3, 0.4) is 0 Å². The molecule has 1 unspecified atom stereocenters. The number of pyridine rings is 1. The minimum absolute atomic E-state index is 0.0864. The summed E-state index contributed by atoms with van der Waals surface area (Å²) in [5.74, 6) is 1.15. The van der Waals surface area contributed by atoms with Crippen LogP contribution in [0.4, 0.5) is 5.82 Å². The summed E-state index contributed by atoms with van der Waals surface area (Å²) >= 11 is 4.01. The molecule has 174 valence electrons. The van der Waals surface area contributed by atoms with Crippen molar-refractivity contribution < 1.29 is 4.79 Å². The molecule has 0 bridgehead atoms. The second-order valence-corrected chi connectivity index (χ2v) is 10.5. The number of likely N-dealkylation sites (tertiary alicyclic amines) is 1. The molecule has 5 rings (SSSR count). The third-order valence-electron chi connectivity index (χ3n) is 5.90. The third kappa shape index (κ3) is 4.76. The fourth-order valence-corrected chi connectivity index (χ4v) is 5.72. The van der Waals surface area contributed by atoms with Gasteiger partial charge in [-0.2, -0.15) is 0 Å². The Hall–Kier alpha value is -2.67. The van der Waals surface area contributed by atoms with Gasteiger partial charge >= 0.3 is 0 Å². The normalized spacial score (nSPS) is 15.1. The van der Waals surface area contributed by atoms with Crippen LogP contribution < -0.4 is 10.6 Å². The summed E-state index contributed by atoms with van der Waals surface area (Å²) in [4.78, 5) is 23.6. The molecule has 1 atom stereocenters. The Morgan fingerprint density at radius 2 is 2.03 bits per heavy atom. The number of H-pyrrole nitrogens is 1. The van der Waals surface area contributed by atoms with E-state index in [9.17, 15) is 4.79 Å². The van der Waals surface area contributed by atoms with Crippen LogP contribution in [-0.2, 0) is 4.79 Å². The topological polar surface area (TPSA) is 98.8 Å². The average molecular weight is 585 g/mol. The van der Waals surface area contributed by atoms with Crippen molar-refractivity contribution in [2.75, 3.05) is 25.5 Å². The minimum atomic E-state index is -0.144. The second-order valence-electron chi connectivity index (χ2n) is 8.24. The molecule has 4 aromatic rings. The van der Waals surface area contributed by atoms with Crippen molar-refractivity contribution in [3.63, 3.8) is 0 Å². The van der Waals surface area contributed by atoms with Crippen molar-refractivity contribution >= 4 is 45.7 Å². The Balaban J connectivity index is 1.62. The largest absolute Gasteiger partial charge is 0.327 e. The molecular formula is C24H24IN7OS. The third-order valence-corrected chi connectivity index (χ3v) is 7.83. The van der Waals surface area contributed by atoms with Gasteiger partial charge in [-0.15, -0.1) is 21.5 Å². The van der Waals surface area contributed by atoms with Crippen LogP contribution in [-0.4, -0.2) is 57.2 Å². The van der Waals surface area contributed by atoms with Gasteiger partial charge in [0.25, 0.3) is 0 Å². The molecule has 10 heteroatoms. The molecule has 0 spiro atoms. The molecule has 3 N–H and O–H groups in total. The maximum Gasteiger partial charge on any atom is 0.222 e. The molecule has 4 heterocycles. The van der Waals surface area contributed by atoms with Crippen molar-refractivity contribution in [2.45, 2.75) is 19.0 Å². The van der Waals surface area contributed by atoms with Crippen molar-refractivity contribution in [1.29, 1.82) is 0 Å². The van der Waals surface area contributed by atoms with E-state index in [2.05, 4.69) is 88.6 Å².